The maximum Gasteiger partial charge on any atom is 0.264 e. The quantitative estimate of drug-likeness (QED) is 0.495. The topological polar surface area (TPSA) is 66.5 Å². The van der Waals surface area contributed by atoms with Crippen LogP contribution >= 0.6 is 0 Å². The van der Waals surface area contributed by atoms with Crippen molar-refractivity contribution in [1.29, 1.82) is 0 Å². The largest absolute Gasteiger partial charge is 0.348 e. The Labute approximate surface area is 197 Å². The van der Waals surface area contributed by atoms with Gasteiger partial charge in [-0.15, -0.1) is 0 Å². The van der Waals surface area contributed by atoms with Crippen molar-refractivity contribution in [3.8, 4) is 0 Å². The lowest BCUT2D eigenvalue weighted by molar-refractivity contribution is -0.120. The van der Waals surface area contributed by atoms with E-state index in [1.54, 1.807) is 42.5 Å². The van der Waals surface area contributed by atoms with Gasteiger partial charge in [0.1, 0.15) is 6.54 Å². The predicted molar refractivity (Wildman–Crippen MR) is 134 cm³/mol. The molecule has 0 radical (unpaired) electrons. The second kappa shape index (κ2) is 10.2. The van der Waals surface area contributed by atoms with Gasteiger partial charge in [0.25, 0.3) is 10.0 Å². The summed E-state index contributed by atoms with van der Waals surface area (Å²) >= 11 is 0. The van der Waals surface area contributed by atoms with Crippen LogP contribution in [0.1, 0.15) is 47.7 Å². The summed E-state index contributed by atoms with van der Waals surface area (Å²) in [5, 5.41) is 2.98. The van der Waals surface area contributed by atoms with E-state index in [4.69, 9.17) is 0 Å². The molecule has 3 aromatic carbocycles. The highest BCUT2D eigenvalue weighted by molar-refractivity contribution is 7.92. The molecule has 1 atom stereocenters. The number of rotatable bonds is 8. The van der Waals surface area contributed by atoms with Crippen LogP contribution in [0.3, 0.4) is 0 Å². The number of hydrogen-bond acceptors (Lipinski definition) is 3. The van der Waals surface area contributed by atoms with Crippen LogP contribution in [0.15, 0.2) is 71.6 Å². The Balaban J connectivity index is 1.89. The van der Waals surface area contributed by atoms with E-state index >= 15 is 0 Å². The summed E-state index contributed by atoms with van der Waals surface area (Å²) in [7, 11) is -3.92. The van der Waals surface area contributed by atoms with Gasteiger partial charge in [-0.1, -0.05) is 49.4 Å². The van der Waals surface area contributed by atoms with E-state index in [1.165, 1.54) is 9.87 Å². The lowest BCUT2D eigenvalue weighted by atomic mass is 9.96. The van der Waals surface area contributed by atoms with Crippen LogP contribution < -0.4 is 9.62 Å². The number of nitrogens with one attached hydrogen (secondary N) is 1. The molecule has 1 N–H and O–H groups in total. The van der Waals surface area contributed by atoms with Gasteiger partial charge in [-0.05, 0) is 86.2 Å². The molecule has 0 heterocycles. The van der Waals surface area contributed by atoms with Gasteiger partial charge in [-0.3, -0.25) is 9.10 Å². The first kappa shape index (κ1) is 24.5. The van der Waals surface area contributed by atoms with Gasteiger partial charge in [0.2, 0.25) is 5.91 Å². The van der Waals surface area contributed by atoms with E-state index < -0.39 is 10.0 Å². The molecular formula is C27H32N2O3S. The Morgan fingerprint density at radius 3 is 2.12 bits per heavy atom. The SMILES string of the molecule is CCc1ccc(N(CC(=O)NC(C)c2cc(C)c(C)cc2C)S(=O)(=O)c2ccccc2)cc1. The number of hydrogen-bond donors (Lipinski definition) is 1. The Kier molecular flexibility index (Phi) is 7.59. The smallest absolute Gasteiger partial charge is 0.264 e. The van der Waals surface area contributed by atoms with Crippen LogP contribution in [-0.2, 0) is 21.2 Å². The van der Waals surface area contributed by atoms with E-state index in [1.807, 2.05) is 39.8 Å². The number of anilines is 1. The molecular weight excluding hydrogens is 432 g/mol. The summed E-state index contributed by atoms with van der Waals surface area (Å²) in [5.74, 6) is -0.362. The Morgan fingerprint density at radius 1 is 0.909 bits per heavy atom. The first-order chi connectivity index (χ1) is 15.6. The number of amides is 1. The molecule has 0 aromatic heterocycles. The molecule has 5 nitrogen and oxygen atoms in total. The van der Waals surface area contributed by atoms with Gasteiger partial charge in [0.05, 0.1) is 16.6 Å². The molecule has 0 bridgehead atoms. The monoisotopic (exact) mass is 464 g/mol. The number of benzene rings is 3. The van der Waals surface area contributed by atoms with Gasteiger partial charge < -0.3 is 5.32 Å². The fourth-order valence-corrected chi connectivity index (χ4v) is 5.32. The number of sulfonamides is 1. The van der Waals surface area contributed by atoms with Crippen LogP contribution in [0.4, 0.5) is 5.69 Å². The molecule has 3 rings (SSSR count). The fourth-order valence-electron chi connectivity index (χ4n) is 3.88. The summed E-state index contributed by atoms with van der Waals surface area (Å²) in [6, 6.07) is 19.4. The highest BCUT2D eigenvalue weighted by atomic mass is 32.2. The van der Waals surface area contributed by atoms with Crippen molar-refractivity contribution in [2.75, 3.05) is 10.8 Å². The first-order valence-corrected chi connectivity index (χ1v) is 12.6. The minimum Gasteiger partial charge on any atom is -0.348 e. The van der Waals surface area contributed by atoms with Crippen LogP contribution in [0.5, 0.6) is 0 Å². The number of carbonyl (C=O) groups excluding carboxylic acids is 1. The molecule has 174 valence electrons. The summed E-state index contributed by atoms with van der Waals surface area (Å²) in [6.45, 7) is 9.77. The van der Waals surface area contributed by atoms with Gasteiger partial charge in [0.15, 0.2) is 0 Å². The molecule has 33 heavy (non-hydrogen) atoms. The Bertz CT molecular complexity index is 1220. The fraction of sp³-hybridized carbons (Fsp3) is 0.296. The zero-order chi connectivity index (χ0) is 24.2. The summed E-state index contributed by atoms with van der Waals surface area (Å²) < 4.78 is 28.1. The number of aryl methyl sites for hydroxylation is 4. The molecule has 0 aliphatic rings. The van der Waals surface area contributed by atoms with Crippen LogP contribution in [0.25, 0.3) is 0 Å². The third-order valence-electron chi connectivity index (χ3n) is 5.98. The molecule has 3 aromatic rings. The molecule has 0 aliphatic heterocycles. The zero-order valence-electron chi connectivity index (χ0n) is 19.9. The third-order valence-corrected chi connectivity index (χ3v) is 7.77. The van der Waals surface area contributed by atoms with Crippen LogP contribution in [-0.4, -0.2) is 20.9 Å². The van der Waals surface area contributed by atoms with Gasteiger partial charge in [-0.25, -0.2) is 8.42 Å². The lowest BCUT2D eigenvalue weighted by Gasteiger charge is -2.26. The average Bonchev–Trinajstić information content (AvgIpc) is 2.80. The second-order valence-corrected chi connectivity index (χ2v) is 10.3. The van der Waals surface area contributed by atoms with Gasteiger partial charge in [0, 0.05) is 0 Å². The molecule has 6 heteroatoms. The van der Waals surface area contributed by atoms with Gasteiger partial charge >= 0.3 is 0 Å². The maximum atomic E-state index is 13.5. The van der Waals surface area contributed by atoms with Crippen molar-refractivity contribution in [3.63, 3.8) is 0 Å². The van der Waals surface area contributed by atoms with E-state index in [9.17, 15) is 13.2 Å². The third kappa shape index (κ3) is 5.63. The molecule has 0 saturated heterocycles. The maximum absolute atomic E-state index is 13.5. The lowest BCUT2D eigenvalue weighted by Crippen LogP contribution is -2.41. The normalized spacial score (nSPS) is 12.3. The number of carbonyl (C=O) groups is 1. The van der Waals surface area contributed by atoms with Crippen molar-refractivity contribution in [1.82, 2.24) is 5.32 Å². The Hall–Kier alpha value is -3.12. The molecule has 0 spiro atoms. The predicted octanol–water partition coefficient (Wildman–Crippen LogP) is 5.25. The van der Waals surface area contributed by atoms with E-state index in [0.29, 0.717) is 5.69 Å². The minimum absolute atomic E-state index is 0.149. The standard InChI is InChI=1S/C27H32N2O3S/c1-6-23-12-14-24(15-13-23)29(33(31,32)25-10-8-7-9-11-25)18-27(30)28-22(5)26-17-20(3)19(2)16-21(26)4/h7-17,22H,6,18H2,1-5H3,(H,28,30). The minimum atomic E-state index is -3.92. The summed E-state index contributed by atoms with van der Waals surface area (Å²) in [6.07, 6.45) is 0.846. The summed E-state index contributed by atoms with van der Waals surface area (Å²) in [4.78, 5) is 13.2. The summed E-state index contributed by atoms with van der Waals surface area (Å²) in [5.41, 5.74) is 6.03. The first-order valence-electron chi connectivity index (χ1n) is 11.2. The highest BCUT2D eigenvalue weighted by Crippen LogP contribution is 2.25. The van der Waals surface area contributed by atoms with E-state index in [-0.39, 0.29) is 23.4 Å². The molecule has 1 unspecified atom stereocenters. The van der Waals surface area contributed by atoms with E-state index in [2.05, 4.69) is 24.4 Å². The van der Waals surface area contributed by atoms with Crippen molar-refractivity contribution in [2.45, 2.75) is 52.0 Å². The Morgan fingerprint density at radius 2 is 1.52 bits per heavy atom. The second-order valence-electron chi connectivity index (χ2n) is 8.43. The molecule has 0 saturated carbocycles. The van der Waals surface area contributed by atoms with Crippen LogP contribution in [0, 0.1) is 20.8 Å². The highest BCUT2D eigenvalue weighted by Gasteiger charge is 2.27. The molecule has 0 fully saturated rings. The molecule has 0 aliphatic carbocycles. The number of nitrogens with zero attached hydrogens (tertiary/aromatic N) is 1. The molecule has 1 amide bonds. The zero-order valence-corrected chi connectivity index (χ0v) is 20.7. The van der Waals surface area contributed by atoms with Crippen LogP contribution in [0.2, 0.25) is 0 Å². The van der Waals surface area contributed by atoms with Crippen molar-refractivity contribution in [3.05, 3.63) is 94.5 Å². The van der Waals surface area contributed by atoms with E-state index in [0.717, 1.165) is 28.7 Å². The van der Waals surface area contributed by atoms with Crippen molar-refractivity contribution < 1.29 is 13.2 Å². The van der Waals surface area contributed by atoms with Crippen molar-refractivity contribution in [2.24, 2.45) is 0 Å². The van der Waals surface area contributed by atoms with Crippen molar-refractivity contribution >= 4 is 21.6 Å². The van der Waals surface area contributed by atoms with Gasteiger partial charge in [-0.2, -0.15) is 0 Å². The average molecular weight is 465 g/mol.